The molecule has 0 amide bonds. The number of aromatic nitrogens is 1. The number of ether oxygens (including phenoxy) is 2. The molecule has 1 saturated heterocycles. The second-order valence-corrected chi connectivity index (χ2v) is 8.01. The van der Waals surface area contributed by atoms with Gasteiger partial charge in [-0.05, 0) is 68.3 Å². The number of carbonyl (C=O) groups is 1. The Morgan fingerprint density at radius 3 is 2.75 bits per heavy atom. The summed E-state index contributed by atoms with van der Waals surface area (Å²) in [6, 6.07) is 15.6. The molecule has 4 rings (SSSR count). The monoisotopic (exact) mass is 435 g/mol. The van der Waals surface area contributed by atoms with Gasteiger partial charge in [0.2, 0.25) is 0 Å². The summed E-state index contributed by atoms with van der Waals surface area (Å²) in [5.74, 6) is 0.579. The highest BCUT2D eigenvalue weighted by Gasteiger charge is 2.26. The average Bonchev–Trinajstić information content (AvgIpc) is 2.83. The summed E-state index contributed by atoms with van der Waals surface area (Å²) in [7, 11) is 1.62. The molecule has 0 bridgehead atoms. The fourth-order valence-electron chi connectivity index (χ4n) is 4.14. The lowest BCUT2D eigenvalue weighted by molar-refractivity contribution is -0.148. The molecule has 1 aliphatic heterocycles. The third kappa shape index (κ3) is 4.88. The maximum absolute atomic E-state index is 12.4. The van der Waals surface area contributed by atoms with Crippen LogP contribution in [0.2, 0.25) is 0 Å². The van der Waals surface area contributed by atoms with Crippen LogP contribution in [0.4, 0.5) is 11.4 Å². The molecule has 2 N–H and O–H groups in total. The third-order valence-corrected chi connectivity index (χ3v) is 5.89. The van der Waals surface area contributed by atoms with Crippen LogP contribution >= 0.6 is 0 Å². The molecule has 168 valence electrons. The van der Waals surface area contributed by atoms with E-state index in [1.54, 1.807) is 7.11 Å². The van der Waals surface area contributed by atoms with Gasteiger partial charge in [-0.2, -0.15) is 0 Å². The number of nitrogens with one attached hydrogen (secondary N) is 2. The summed E-state index contributed by atoms with van der Waals surface area (Å²) in [5, 5.41) is 4.25. The second-order valence-electron chi connectivity index (χ2n) is 8.01. The van der Waals surface area contributed by atoms with E-state index in [1.807, 2.05) is 55.5 Å². The van der Waals surface area contributed by atoms with E-state index in [1.165, 1.54) is 0 Å². The van der Waals surface area contributed by atoms with Crippen molar-refractivity contribution in [2.24, 2.45) is 5.92 Å². The third-order valence-electron chi connectivity index (χ3n) is 5.89. The minimum absolute atomic E-state index is 0.0697. The fraction of sp³-hybridized carbons (Fsp3) is 0.360. The van der Waals surface area contributed by atoms with Gasteiger partial charge in [-0.3, -0.25) is 9.59 Å². The number of H-pyrrole nitrogens is 1. The second kappa shape index (κ2) is 9.77. The molecule has 2 aromatic carbocycles. The van der Waals surface area contributed by atoms with Gasteiger partial charge in [-0.25, -0.2) is 0 Å². The first kappa shape index (κ1) is 21.7. The van der Waals surface area contributed by atoms with E-state index < -0.39 is 0 Å². The van der Waals surface area contributed by atoms with Crippen LogP contribution in [0.5, 0.6) is 5.75 Å². The van der Waals surface area contributed by atoms with Crippen LogP contribution < -0.4 is 20.5 Å². The largest absolute Gasteiger partial charge is 0.497 e. The maximum Gasteiger partial charge on any atom is 0.310 e. The van der Waals surface area contributed by atoms with Crippen LogP contribution in [0, 0.1) is 5.92 Å². The first-order valence-electron chi connectivity index (χ1n) is 11.0. The quantitative estimate of drug-likeness (QED) is 0.547. The van der Waals surface area contributed by atoms with E-state index in [0.29, 0.717) is 25.3 Å². The number of hydrogen-bond donors (Lipinski definition) is 2. The lowest BCUT2D eigenvalue weighted by Crippen LogP contribution is -2.39. The molecule has 0 saturated carbocycles. The van der Waals surface area contributed by atoms with Crippen molar-refractivity contribution in [2.45, 2.75) is 26.3 Å². The molecule has 1 fully saturated rings. The Morgan fingerprint density at radius 2 is 2.00 bits per heavy atom. The molecular weight excluding hydrogens is 406 g/mol. The average molecular weight is 436 g/mol. The van der Waals surface area contributed by atoms with Crippen molar-refractivity contribution in [3.63, 3.8) is 0 Å². The van der Waals surface area contributed by atoms with Gasteiger partial charge >= 0.3 is 5.97 Å². The zero-order chi connectivity index (χ0) is 22.5. The number of rotatable bonds is 7. The number of methoxy groups -OCH3 is 1. The summed E-state index contributed by atoms with van der Waals surface area (Å²) in [4.78, 5) is 29.7. The molecule has 1 atom stereocenters. The Hall–Kier alpha value is -3.48. The smallest absolute Gasteiger partial charge is 0.310 e. The van der Waals surface area contributed by atoms with Gasteiger partial charge < -0.3 is 24.7 Å². The molecule has 2 heterocycles. The van der Waals surface area contributed by atoms with Crippen molar-refractivity contribution in [1.82, 2.24) is 4.98 Å². The predicted octanol–water partition coefficient (Wildman–Crippen LogP) is 3.93. The lowest BCUT2D eigenvalue weighted by Gasteiger charge is -2.33. The first-order chi connectivity index (χ1) is 15.6. The van der Waals surface area contributed by atoms with Crippen molar-refractivity contribution in [3.05, 3.63) is 64.4 Å². The van der Waals surface area contributed by atoms with Gasteiger partial charge in [-0.15, -0.1) is 0 Å². The molecule has 3 aromatic rings. The molecule has 0 unspecified atom stereocenters. The molecular formula is C25H29N3O4. The minimum atomic E-state index is -0.106. The number of benzene rings is 2. The summed E-state index contributed by atoms with van der Waals surface area (Å²) < 4.78 is 10.5. The Bertz CT molecular complexity index is 1140. The van der Waals surface area contributed by atoms with E-state index >= 15 is 0 Å². The number of hydrogen-bond acceptors (Lipinski definition) is 6. The van der Waals surface area contributed by atoms with Gasteiger partial charge in [0.25, 0.3) is 5.56 Å². The highest BCUT2D eigenvalue weighted by molar-refractivity contribution is 5.80. The topological polar surface area (TPSA) is 83.7 Å². The number of pyridine rings is 1. The van der Waals surface area contributed by atoms with Crippen molar-refractivity contribution in [3.8, 4) is 5.75 Å². The molecule has 1 aromatic heterocycles. The van der Waals surface area contributed by atoms with Gasteiger partial charge in [0.1, 0.15) is 5.75 Å². The van der Waals surface area contributed by atoms with Crippen LogP contribution in [-0.2, 0) is 16.1 Å². The van der Waals surface area contributed by atoms with Gasteiger partial charge in [0, 0.05) is 47.5 Å². The van der Waals surface area contributed by atoms with Crippen LogP contribution in [-0.4, -0.2) is 37.8 Å². The number of piperidine rings is 1. The number of anilines is 2. The number of esters is 1. The van der Waals surface area contributed by atoms with Crippen LogP contribution in [0.1, 0.15) is 25.3 Å². The molecule has 1 aliphatic rings. The SMILES string of the molecule is CCOC(=O)[C@H]1CCCN(c2ccc(NCc3cc4cc(OC)ccc4[nH]c3=O)cc2)C1. The molecule has 0 radical (unpaired) electrons. The summed E-state index contributed by atoms with van der Waals surface area (Å²) >= 11 is 0. The summed E-state index contributed by atoms with van der Waals surface area (Å²) in [5.41, 5.74) is 3.35. The Kier molecular flexibility index (Phi) is 6.63. The van der Waals surface area contributed by atoms with E-state index in [4.69, 9.17) is 9.47 Å². The predicted molar refractivity (Wildman–Crippen MR) is 126 cm³/mol. The Balaban J connectivity index is 1.41. The van der Waals surface area contributed by atoms with E-state index in [-0.39, 0.29) is 17.4 Å². The Morgan fingerprint density at radius 1 is 1.19 bits per heavy atom. The van der Waals surface area contributed by atoms with E-state index in [2.05, 4.69) is 15.2 Å². The molecule has 32 heavy (non-hydrogen) atoms. The van der Waals surface area contributed by atoms with Crippen LogP contribution in [0.25, 0.3) is 10.9 Å². The van der Waals surface area contributed by atoms with E-state index in [9.17, 15) is 9.59 Å². The minimum Gasteiger partial charge on any atom is -0.497 e. The maximum atomic E-state index is 12.4. The molecule has 0 spiro atoms. The zero-order valence-corrected chi connectivity index (χ0v) is 18.5. The number of nitrogens with zero attached hydrogens (tertiary/aromatic N) is 1. The zero-order valence-electron chi connectivity index (χ0n) is 18.5. The van der Waals surface area contributed by atoms with E-state index in [0.717, 1.165) is 47.4 Å². The van der Waals surface area contributed by atoms with Gasteiger partial charge in [0.05, 0.1) is 19.6 Å². The highest BCUT2D eigenvalue weighted by atomic mass is 16.5. The van der Waals surface area contributed by atoms with Crippen molar-refractivity contribution < 1.29 is 14.3 Å². The standard InChI is InChI=1S/C25H29N3O4/c1-3-32-25(30)17-5-4-12-28(16-17)21-8-6-20(7-9-21)26-15-19-13-18-14-22(31-2)10-11-23(18)27-24(19)29/h6-11,13-14,17,26H,3-5,12,15-16H2,1-2H3,(H,27,29)/t17-/m0/s1. The summed E-state index contributed by atoms with van der Waals surface area (Å²) in [6.07, 6.45) is 1.85. The van der Waals surface area contributed by atoms with Crippen molar-refractivity contribution in [1.29, 1.82) is 0 Å². The van der Waals surface area contributed by atoms with Crippen LogP contribution in [0.15, 0.2) is 53.3 Å². The van der Waals surface area contributed by atoms with Crippen molar-refractivity contribution in [2.75, 3.05) is 37.0 Å². The van der Waals surface area contributed by atoms with Gasteiger partial charge in [-0.1, -0.05) is 0 Å². The normalized spacial score (nSPS) is 16.1. The van der Waals surface area contributed by atoms with Gasteiger partial charge in [0.15, 0.2) is 0 Å². The Labute approximate surface area is 187 Å². The highest BCUT2D eigenvalue weighted by Crippen LogP contribution is 2.25. The number of carbonyl (C=O) groups excluding carboxylic acids is 1. The molecule has 0 aliphatic carbocycles. The number of aromatic amines is 1. The molecule has 7 nitrogen and oxygen atoms in total. The summed E-state index contributed by atoms with van der Waals surface area (Å²) in [6.45, 7) is 4.28. The van der Waals surface area contributed by atoms with Crippen molar-refractivity contribution >= 4 is 28.2 Å². The van der Waals surface area contributed by atoms with Crippen LogP contribution in [0.3, 0.4) is 0 Å². The first-order valence-corrected chi connectivity index (χ1v) is 11.0. The molecule has 7 heteroatoms. The fourth-order valence-corrected chi connectivity index (χ4v) is 4.14. The lowest BCUT2D eigenvalue weighted by atomic mass is 9.97. The number of fused-ring (bicyclic) bond motifs is 1.